The molecule has 0 aromatic heterocycles. The van der Waals surface area contributed by atoms with E-state index in [1.165, 1.54) is 4.90 Å². The molecule has 2 aromatic rings. The maximum absolute atomic E-state index is 13.4. The van der Waals surface area contributed by atoms with Crippen molar-refractivity contribution < 1.29 is 23.9 Å². The van der Waals surface area contributed by atoms with Gasteiger partial charge in [-0.15, -0.1) is 0 Å². The summed E-state index contributed by atoms with van der Waals surface area (Å²) in [5.74, 6) is -1.44. The number of carbonyl (C=O) groups is 4. The van der Waals surface area contributed by atoms with Crippen molar-refractivity contribution >= 4 is 82.9 Å². The van der Waals surface area contributed by atoms with Gasteiger partial charge in [0.15, 0.2) is 0 Å². The number of carbonyl (C=O) groups excluding carboxylic acids is 4. The Labute approximate surface area is 239 Å². The first-order valence-electron chi connectivity index (χ1n) is 12.2. The minimum atomic E-state index is -0.581. The van der Waals surface area contributed by atoms with Gasteiger partial charge >= 0.3 is 5.97 Å². The second-order valence-corrected chi connectivity index (χ2v) is 13.3. The zero-order chi connectivity index (χ0) is 26.2. The molecule has 2 heterocycles. The standard InChI is InChI=1S/C27H23Br3N2O5/c1-12-8-16(37-27(36)13-9-20(33)31(11-13)15-4-2-14(28)3-5-15)6-7-19(12)32-25(34)21-17-10-18(22(21)26(32)35)24(30)23(17)29/h2-8,13,17-18,21-24H,9-11H2,1H3/t13-,17-,18-,21-,22+,23-,24+/m1/s1. The molecule has 0 N–H and O–H groups in total. The zero-order valence-electron chi connectivity index (χ0n) is 19.8. The molecule has 3 amide bonds. The molecule has 2 aromatic carbocycles. The molecular weight excluding hydrogens is 672 g/mol. The predicted octanol–water partition coefficient (Wildman–Crippen LogP) is 5.00. The van der Waals surface area contributed by atoms with Crippen LogP contribution in [-0.4, -0.2) is 39.9 Å². The van der Waals surface area contributed by atoms with Crippen LogP contribution in [-0.2, 0) is 19.2 Å². The van der Waals surface area contributed by atoms with Crippen LogP contribution in [0.15, 0.2) is 46.9 Å². The maximum atomic E-state index is 13.4. The number of anilines is 2. The molecule has 4 fully saturated rings. The number of hydrogen-bond donors (Lipinski definition) is 0. The summed E-state index contributed by atoms with van der Waals surface area (Å²) in [6.45, 7) is 2.05. The number of nitrogens with zero attached hydrogens (tertiary/aromatic N) is 2. The third-order valence-electron chi connectivity index (χ3n) is 8.21. The molecule has 192 valence electrons. The second-order valence-electron chi connectivity index (χ2n) is 10.3. The molecule has 0 unspecified atom stereocenters. The average Bonchev–Trinajstić information content (AvgIpc) is 3.58. The van der Waals surface area contributed by atoms with Crippen molar-refractivity contribution in [2.24, 2.45) is 29.6 Å². The van der Waals surface area contributed by atoms with Gasteiger partial charge in [-0.3, -0.25) is 19.2 Å². The summed E-state index contributed by atoms with van der Waals surface area (Å²) < 4.78 is 6.53. The fourth-order valence-corrected chi connectivity index (χ4v) is 8.60. The van der Waals surface area contributed by atoms with Gasteiger partial charge in [0.25, 0.3) is 0 Å². The number of rotatable bonds is 4. The fraction of sp³-hybridized carbons (Fsp3) is 0.407. The molecular formula is C27H23Br3N2O5. The van der Waals surface area contributed by atoms with E-state index in [9.17, 15) is 19.2 Å². The smallest absolute Gasteiger partial charge is 0.316 e. The van der Waals surface area contributed by atoms with E-state index in [1.807, 2.05) is 24.3 Å². The topological polar surface area (TPSA) is 84.0 Å². The molecule has 0 spiro atoms. The lowest BCUT2D eigenvalue weighted by Crippen LogP contribution is -2.37. The summed E-state index contributed by atoms with van der Waals surface area (Å²) in [5, 5.41) is 0. The van der Waals surface area contributed by atoms with Crippen molar-refractivity contribution in [1.82, 2.24) is 0 Å². The molecule has 7 nitrogen and oxygen atoms in total. The van der Waals surface area contributed by atoms with E-state index in [4.69, 9.17) is 4.74 Å². The summed E-state index contributed by atoms with van der Waals surface area (Å²) in [6.07, 6.45) is 0.959. The van der Waals surface area contributed by atoms with Gasteiger partial charge in [0.05, 0.1) is 23.4 Å². The van der Waals surface area contributed by atoms with Gasteiger partial charge in [0, 0.05) is 32.8 Å². The Balaban J connectivity index is 1.16. The van der Waals surface area contributed by atoms with Crippen LogP contribution in [0.2, 0.25) is 0 Å². The van der Waals surface area contributed by atoms with E-state index in [2.05, 4.69) is 47.8 Å². The molecule has 2 bridgehead atoms. The monoisotopic (exact) mass is 692 g/mol. The molecule has 37 heavy (non-hydrogen) atoms. The highest BCUT2D eigenvalue weighted by Gasteiger charge is 2.66. The highest BCUT2D eigenvalue weighted by molar-refractivity contribution is 9.12. The number of esters is 1. The van der Waals surface area contributed by atoms with E-state index in [0.29, 0.717) is 17.0 Å². The third-order valence-corrected chi connectivity index (χ3v) is 11.9. The molecule has 10 heteroatoms. The lowest BCUT2D eigenvalue weighted by molar-refractivity contribution is -0.139. The number of fused-ring (bicyclic) bond motifs is 5. The molecule has 2 aliphatic heterocycles. The van der Waals surface area contributed by atoms with E-state index < -0.39 is 11.9 Å². The summed E-state index contributed by atoms with van der Waals surface area (Å²) in [4.78, 5) is 55.4. The molecule has 6 rings (SSSR count). The Morgan fingerprint density at radius 3 is 2.16 bits per heavy atom. The lowest BCUT2D eigenvalue weighted by atomic mass is 9.81. The largest absolute Gasteiger partial charge is 0.426 e. The number of aryl methyl sites for hydroxylation is 1. The number of ether oxygens (including phenoxy) is 1. The van der Waals surface area contributed by atoms with E-state index >= 15 is 0 Å². The first-order chi connectivity index (χ1) is 17.7. The summed E-state index contributed by atoms with van der Waals surface area (Å²) >= 11 is 10.8. The summed E-state index contributed by atoms with van der Waals surface area (Å²) in [7, 11) is 0. The van der Waals surface area contributed by atoms with Crippen LogP contribution in [0.3, 0.4) is 0 Å². The van der Waals surface area contributed by atoms with E-state index in [1.54, 1.807) is 30.0 Å². The summed E-state index contributed by atoms with van der Waals surface area (Å²) in [6, 6.07) is 12.3. The highest BCUT2D eigenvalue weighted by atomic mass is 79.9. The van der Waals surface area contributed by atoms with Gasteiger partial charge in [0.1, 0.15) is 5.75 Å². The first-order valence-corrected chi connectivity index (χ1v) is 14.8. The Morgan fingerprint density at radius 1 is 0.946 bits per heavy atom. The Hall–Kier alpha value is -2.04. The van der Waals surface area contributed by atoms with Crippen LogP contribution in [0.4, 0.5) is 11.4 Å². The number of amides is 3. The molecule has 4 aliphatic rings. The van der Waals surface area contributed by atoms with E-state index in [-0.39, 0.29) is 64.0 Å². The van der Waals surface area contributed by atoms with Gasteiger partial charge in [-0.05, 0) is 73.2 Å². The average molecular weight is 695 g/mol. The summed E-state index contributed by atoms with van der Waals surface area (Å²) in [5.41, 5.74) is 1.93. The van der Waals surface area contributed by atoms with Crippen molar-refractivity contribution in [1.29, 1.82) is 0 Å². The molecule has 2 aliphatic carbocycles. The molecule has 2 saturated heterocycles. The Kier molecular flexibility index (Phi) is 6.35. The van der Waals surface area contributed by atoms with Gasteiger partial charge in [-0.1, -0.05) is 47.8 Å². The van der Waals surface area contributed by atoms with Gasteiger partial charge in [-0.2, -0.15) is 0 Å². The van der Waals surface area contributed by atoms with Gasteiger partial charge in [-0.25, -0.2) is 4.90 Å². The van der Waals surface area contributed by atoms with Crippen molar-refractivity contribution in [3.05, 3.63) is 52.5 Å². The number of benzene rings is 2. The number of imide groups is 1. The van der Waals surface area contributed by atoms with Crippen molar-refractivity contribution in [3.8, 4) is 5.75 Å². The molecule has 2 saturated carbocycles. The SMILES string of the molecule is Cc1cc(OC(=O)[C@@H]2CC(=O)N(c3ccc(Br)cc3)C2)ccc1N1C(=O)[C@@H]2[C@H]3C[C@@H]([C@H](Br)[C@@H]3Br)[C@@H]2C1=O. The highest BCUT2D eigenvalue weighted by Crippen LogP contribution is 2.60. The van der Waals surface area contributed by atoms with Crippen LogP contribution < -0.4 is 14.5 Å². The number of hydrogen-bond acceptors (Lipinski definition) is 5. The zero-order valence-corrected chi connectivity index (χ0v) is 24.5. The minimum Gasteiger partial charge on any atom is -0.426 e. The van der Waals surface area contributed by atoms with E-state index in [0.717, 1.165) is 16.6 Å². The van der Waals surface area contributed by atoms with Crippen LogP contribution >= 0.6 is 47.8 Å². The van der Waals surface area contributed by atoms with Crippen LogP contribution in [0.25, 0.3) is 0 Å². The second kappa shape index (κ2) is 9.31. The normalized spacial score (nSPS) is 32.4. The maximum Gasteiger partial charge on any atom is 0.316 e. The quantitative estimate of drug-likeness (QED) is 0.195. The number of alkyl halides is 2. The first kappa shape index (κ1) is 25.2. The third kappa shape index (κ3) is 4.01. The molecule has 0 radical (unpaired) electrons. The Bertz CT molecular complexity index is 1300. The van der Waals surface area contributed by atoms with Crippen LogP contribution in [0, 0.1) is 36.5 Å². The van der Waals surface area contributed by atoms with Crippen molar-refractivity contribution in [2.45, 2.75) is 29.4 Å². The van der Waals surface area contributed by atoms with Crippen LogP contribution in [0.1, 0.15) is 18.4 Å². The van der Waals surface area contributed by atoms with Crippen LogP contribution in [0.5, 0.6) is 5.75 Å². The van der Waals surface area contributed by atoms with Gasteiger partial charge in [0.2, 0.25) is 17.7 Å². The number of halogens is 3. The van der Waals surface area contributed by atoms with Gasteiger partial charge < -0.3 is 9.64 Å². The predicted molar refractivity (Wildman–Crippen MR) is 148 cm³/mol. The molecule has 7 atom stereocenters. The minimum absolute atomic E-state index is 0.0803. The fourth-order valence-electron chi connectivity index (χ4n) is 6.46. The lowest BCUT2D eigenvalue weighted by Gasteiger charge is -2.28. The Morgan fingerprint density at radius 2 is 1.57 bits per heavy atom. The van der Waals surface area contributed by atoms with Crippen molar-refractivity contribution in [3.63, 3.8) is 0 Å². The van der Waals surface area contributed by atoms with Crippen molar-refractivity contribution in [2.75, 3.05) is 16.3 Å².